The highest BCUT2D eigenvalue weighted by Gasteiger charge is 2.22. The number of amides is 1. The Morgan fingerprint density at radius 3 is 2.40 bits per heavy atom. The Kier molecular flexibility index (Phi) is 8.24. The Hall–Kier alpha value is -2.60. The van der Waals surface area contributed by atoms with Crippen molar-refractivity contribution in [1.29, 1.82) is 0 Å². The molecule has 0 saturated carbocycles. The maximum absolute atomic E-state index is 13.6. The van der Waals surface area contributed by atoms with E-state index in [1.807, 2.05) is 24.3 Å². The van der Waals surface area contributed by atoms with E-state index in [0.717, 1.165) is 11.1 Å². The number of rotatable bonds is 7. The van der Waals surface area contributed by atoms with Crippen LogP contribution in [0.5, 0.6) is 0 Å². The first-order chi connectivity index (χ1) is 14.1. The number of carbonyl (C=O) groups excluding carboxylic acids is 2. The van der Waals surface area contributed by atoms with Gasteiger partial charge >= 0.3 is 12.1 Å². The third-order valence-electron chi connectivity index (χ3n) is 4.11. The van der Waals surface area contributed by atoms with Crippen LogP contribution in [0.2, 0.25) is 5.02 Å². The Bertz CT molecular complexity index is 878. The normalized spacial score (nSPS) is 12.2. The van der Waals surface area contributed by atoms with Gasteiger partial charge < -0.3 is 14.8 Å². The smallest absolute Gasteiger partial charge is 0.407 e. The second-order valence-corrected chi connectivity index (χ2v) is 8.28. The second kappa shape index (κ2) is 10.4. The molecule has 0 aromatic heterocycles. The summed E-state index contributed by atoms with van der Waals surface area (Å²) in [7, 11) is 0. The quantitative estimate of drug-likeness (QED) is 0.580. The molecule has 5 nitrogen and oxygen atoms in total. The number of ether oxygens (including phenoxy) is 2. The van der Waals surface area contributed by atoms with E-state index < -0.39 is 23.7 Å². The lowest BCUT2D eigenvalue weighted by Crippen LogP contribution is -2.41. The van der Waals surface area contributed by atoms with Gasteiger partial charge in [-0.3, -0.25) is 4.79 Å². The van der Waals surface area contributed by atoms with Crippen LogP contribution in [0, 0.1) is 5.82 Å². The number of hydrogen-bond donors (Lipinski definition) is 1. The van der Waals surface area contributed by atoms with Crippen molar-refractivity contribution in [2.75, 3.05) is 6.61 Å². The van der Waals surface area contributed by atoms with Gasteiger partial charge in [0.1, 0.15) is 11.4 Å². The minimum absolute atomic E-state index is 0.0184. The minimum atomic E-state index is -0.648. The molecule has 0 aliphatic rings. The summed E-state index contributed by atoms with van der Waals surface area (Å²) in [5.41, 5.74) is 1.60. The van der Waals surface area contributed by atoms with E-state index in [4.69, 9.17) is 21.1 Å². The summed E-state index contributed by atoms with van der Waals surface area (Å²) in [5.74, 6) is -0.767. The standard InChI is InChI=1S/C23H27ClFNO4/c1-5-29-21(27)14-18(26-22(28)30-23(2,3)4)12-15-6-8-16(9-7-15)19-13-17(25)10-11-20(19)24/h6-11,13,18H,5,12,14H2,1-4H3,(H,26,28)/t18-/m1/s1. The molecular formula is C23H27ClFNO4. The van der Waals surface area contributed by atoms with Gasteiger partial charge in [-0.05, 0) is 63.4 Å². The topological polar surface area (TPSA) is 64.6 Å². The summed E-state index contributed by atoms with van der Waals surface area (Å²) in [5, 5.41) is 3.20. The zero-order chi connectivity index (χ0) is 22.3. The third kappa shape index (κ3) is 7.67. The van der Waals surface area contributed by atoms with Crippen LogP contribution >= 0.6 is 11.6 Å². The van der Waals surface area contributed by atoms with Gasteiger partial charge in [-0.2, -0.15) is 0 Å². The van der Waals surface area contributed by atoms with Crippen molar-refractivity contribution in [3.05, 3.63) is 58.9 Å². The van der Waals surface area contributed by atoms with Gasteiger partial charge in [-0.1, -0.05) is 35.9 Å². The number of nitrogens with one attached hydrogen (secondary N) is 1. The number of carbonyl (C=O) groups is 2. The van der Waals surface area contributed by atoms with Gasteiger partial charge in [0.15, 0.2) is 0 Å². The Morgan fingerprint density at radius 1 is 1.13 bits per heavy atom. The van der Waals surface area contributed by atoms with Crippen molar-refractivity contribution >= 4 is 23.7 Å². The maximum Gasteiger partial charge on any atom is 0.407 e. The number of hydrogen-bond acceptors (Lipinski definition) is 4. The van der Waals surface area contributed by atoms with E-state index in [1.165, 1.54) is 18.2 Å². The molecule has 0 spiro atoms. The molecule has 162 valence electrons. The van der Waals surface area contributed by atoms with E-state index in [9.17, 15) is 14.0 Å². The van der Waals surface area contributed by atoms with Gasteiger partial charge in [-0.15, -0.1) is 0 Å². The average Bonchev–Trinajstić information content (AvgIpc) is 2.63. The van der Waals surface area contributed by atoms with E-state index >= 15 is 0 Å². The fourth-order valence-corrected chi connectivity index (χ4v) is 3.12. The Morgan fingerprint density at radius 2 is 1.80 bits per heavy atom. The summed E-state index contributed by atoms with van der Waals surface area (Å²) >= 11 is 6.17. The molecule has 2 rings (SSSR count). The first-order valence-corrected chi connectivity index (χ1v) is 10.1. The number of esters is 1. The Labute approximate surface area is 181 Å². The summed E-state index contributed by atoms with van der Waals surface area (Å²) < 4.78 is 23.9. The molecule has 0 heterocycles. The van der Waals surface area contributed by atoms with Crippen LogP contribution in [-0.2, 0) is 20.7 Å². The van der Waals surface area contributed by atoms with Gasteiger partial charge in [0.05, 0.1) is 13.0 Å². The molecule has 2 aromatic carbocycles. The minimum Gasteiger partial charge on any atom is -0.466 e. The highest BCUT2D eigenvalue weighted by atomic mass is 35.5. The molecule has 0 unspecified atom stereocenters. The van der Waals surface area contributed by atoms with E-state index in [2.05, 4.69) is 5.32 Å². The zero-order valence-corrected chi connectivity index (χ0v) is 18.4. The maximum atomic E-state index is 13.6. The number of benzene rings is 2. The van der Waals surface area contributed by atoms with Crippen molar-refractivity contribution in [3.63, 3.8) is 0 Å². The van der Waals surface area contributed by atoms with E-state index in [-0.39, 0.29) is 18.8 Å². The van der Waals surface area contributed by atoms with Gasteiger partial charge in [0.2, 0.25) is 0 Å². The van der Waals surface area contributed by atoms with Crippen LogP contribution in [-0.4, -0.2) is 30.3 Å². The predicted octanol–water partition coefficient (Wildman–Crippen LogP) is 5.54. The zero-order valence-electron chi connectivity index (χ0n) is 17.6. The molecule has 1 N–H and O–H groups in total. The average molecular weight is 436 g/mol. The van der Waals surface area contributed by atoms with Crippen molar-refractivity contribution in [2.45, 2.75) is 52.2 Å². The summed E-state index contributed by atoms with van der Waals surface area (Å²) in [6.45, 7) is 7.29. The highest BCUT2D eigenvalue weighted by Crippen LogP contribution is 2.29. The van der Waals surface area contributed by atoms with Gasteiger partial charge in [-0.25, -0.2) is 9.18 Å². The monoisotopic (exact) mass is 435 g/mol. The molecule has 30 heavy (non-hydrogen) atoms. The van der Waals surface area contributed by atoms with Crippen LogP contribution in [0.4, 0.5) is 9.18 Å². The van der Waals surface area contributed by atoms with Crippen molar-refractivity contribution < 1.29 is 23.5 Å². The van der Waals surface area contributed by atoms with Gasteiger partial charge in [0.25, 0.3) is 0 Å². The molecule has 0 aliphatic carbocycles. The lowest BCUT2D eigenvalue weighted by molar-refractivity contribution is -0.143. The number of alkyl carbamates (subject to hydrolysis) is 1. The van der Waals surface area contributed by atoms with Crippen LogP contribution in [0.15, 0.2) is 42.5 Å². The third-order valence-corrected chi connectivity index (χ3v) is 4.44. The second-order valence-electron chi connectivity index (χ2n) is 7.88. The van der Waals surface area contributed by atoms with Crippen LogP contribution in [0.3, 0.4) is 0 Å². The molecule has 0 radical (unpaired) electrons. The van der Waals surface area contributed by atoms with Crippen LogP contribution < -0.4 is 5.32 Å². The first-order valence-electron chi connectivity index (χ1n) is 9.77. The van der Waals surface area contributed by atoms with E-state index in [0.29, 0.717) is 17.0 Å². The highest BCUT2D eigenvalue weighted by molar-refractivity contribution is 6.33. The SMILES string of the molecule is CCOC(=O)C[C@@H](Cc1ccc(-c2cc(F)ccc2Cl)cc1)NC(=O)OC(C)(C)C. The Balaban J connectivity index is 2.14. The van der Waals surface area contributed by atoms with Crippen molar-refractivity contribution in [3.8, 4) is 11.1 Å². The fraction of sp³-hybridized carbons (Fsp3) is 0.391. The van der Waals surface area contributed by atoms with Crippen molar-refractivity contribution in [1.82, 2.24) is 5.32 Å². The summed E-state index contributed by atoms with van der Waals surface area (Å²) in [6.07, 6.45) is -0.181. The van der Waals surface area contributed by atoms with Crippen LogP contribution in [0.25, 0.3) is 11.1 Å². The first kappa shape index (κ1) is 23.7. The largest absolute Gasteiger partial charge is 0.466 e. The predicted molar refractivity (Wildman–Crippen MR) is 115 cm³/mol. The molecule has 1 atom stereocenters. The number of halogens is 2. The molecule has 0 fully saturated rings. The van der Waals surface area contributed by atoms with Crippen molar-refractivity contribution in [2.24, 2.45) is 0 Å². The van der Waals surface area contributed by atoms with Crippen LogP contribution in [0.1, 0.15) is 39.7 Å². The van der Waals surface area contributed by atoms with Gasteiger partial charge in [0, 0.05) is 16.6 Å². The van der Waals surface area contributed by atoms with E-state index in [1.54, 1.807) is 27.7 Å². The lowest BCUT2D eigenvalue weighted by Gasteiger charge is -2.23. The molecule has 7 heteroatoms. The molecule has 0 saturated heterocycles. The molecule has 0 aliphatic heterocycles. The lowest BCUT2D eigenvalue weighted by atomic mass is 9.99. The molecule has 0 bridgehead atoms. The molecule has 1 amide bonds. The fourth-order valence-electron chi connectivity index (χ4n) is 2.89. The molecule has 2 aromatic rings. The summed E-state index contributed by atoms with van der Waals surface area (Å²) in [4.78, 5) is 24.1. The summed E-state index contributed by atoms with van der Waals surface area (Å²) in [6, 6.07) is 11.1. The molecular weight excluding hydrogens is 409 g/mol.